The standard InChI is InChI=1S/C30H38N2O6/c1-29(2,3)31-16-11-15-30-24(23-22(38-30)14-9-4-5-10-17-37-28(23)36)26(34)32(25(30)27(31)35)21(19-33)18-20-12-7-6-8-13-20/h6-9,11-15,21-25,33H,4-5,10,16-19H2,1-3H3/b14-9-/t21-,22+,23-,24+,25?,30+/m1/s1. The Bertz CT molecular complexity index is 1130. The van der Waals surface area contributed by atoms with Gasteiger partial charge in [-0.05, 0) is 52.0 Å². The van der Waals surface area contributed by atoms with E-state index in [1.165, 1.54) is 4.90 Å². The fraction of sp³-hybridized carbons (Fsp3) is 0.567. The molecule has 2 saturated heterocycles. The maximum atomic E-state index is 14.4. The minimum atomic E-state index is -1.34. The zero-order chi connectivity index (χ0) is 27.1. The molecule has 8 heteroatoms. The molecule has 6 atom stereocenters. The first-order valence-electron chi connectivity index (χ1n) is 13.7. The van der Waals surface area contributed by atoms with Crippen LogP contribution in [0.3, 0.4) is 0 Å². The van der Waals surface area contributed by atoms with E-state index < -0.39 is 47.1 Å². The number of esters is 1. The second-order valence-electron chi connectivity index (χ2n) is 11.7. The number of nitrogens with zero attached hydrogens (tertiary/aromatic N) is 2. The van der Waals surface area contributed by atoms with Crippen LogP contribution >= 0.6 is 0 Å². The van der Waals surface area contributed by atoms with Gasteiger partial charge < -0.3 is 24.4 Å². The number of hydrogen-bond acceptors (Lipinski definition) is 6. The summed E-state index contributed by atoms with van der Waals surface area (Å²) >= 11 is 0. The third-order valence-corrected chi connectivity index (χ3v) is 8.27. The number of aliphatic hydroxyl groups is 1. The minimum Gasteiger partial charge on any atom is -0.465 e. The summed E-state index contributed by atoms with van der Waals surface area (Å²) in [7, 11) is 0. The normalized spacial score (nSPS) is 33.2. The molecule has 1 aromatic carbocycles. The summed E-state index contributed by atoms with van der Waals surface area (Å²) in [6, 6.07) is 7.91. The van der Waals surface area contributed by atoms with Crippen LogP contribution in [0, 0.1) is 11.8 Å². The molecule has 2 fully saturated rings. The number of amides is 2. The number of carbonyl (C=O) groups is 3. The van der Waals surface area contributed by atoms with E-state index in [0.29, 0.717) is 13.0 Å². The van der Waals surface area contributed by atoms with Gasteiger partial charge in [0.05, 0.1) is 31.3 Å². The molecule has 0 aromatic heterocycles. The average molecular weight is 523 g/mol. The Morgan fingerprint density at radius 1 is 1.08 bits per heavy atom. The Balaban J connectivity index is 1.63. The van der Waals surface area contributed by atoms with E-state index >= 15 is 0 Å². The van der Waals surface area contributed by atoms with Gasteiger partial charge in [0.25, 0.3) is 0 Å². The van der Waals surface area contributed by atoms with Gasteiger partial charge in [0, 0.05) is 12.1 Å². The Morgan fingerprint density at radius 3 is 2.55 bits per heavy atom. The lowest BCUT2D eigenvalue weighted by atomic mass is 9.77. The molecule has 1 N–H and O–H groups in total. The Labute approximate surface area is 224 Å². The summed E-state index contributed by atoms with van der Waals surface area (Å²) in [5.74, 6) is -2.88. The molecule has 4 aliphatic heterocycles. The molecular formula is C30H38N2O6. The highest BCUT2D eigenvalue weighted by molar-refractivity contribution is 5.99. The maximum Gasteiger partial charge on any atom is 0.312 e. The molecule has 204 valence electrons. The maximum absolute atomic E-state index is 14.4. The highest BCUT2D eigenvalue weighted by atomic mass is 16.6. The summed E-state index contributed by atoms with van der Waals surface area (Å²) in [5, 5.41) is 10.6. The second kappa shape index (κ2) is 10.3. The molecule has 0 radical (unpaired) electrons. The van der Waals surface area contributed by atoms with Crippen molar-refractivity contribution in [1.29, 1.82) is 0 Å². The third kappa shape index (κ3) is 4.47. The van der Waals surface area contributed by atoms with Crippen molar-refractivity contribution in [1.82, 2.24) is 9.80 Å². The molecule has 5 rings (SSSR count). The predicted octanol–water partition coefficient (Wildman–Crippen LogP) is 2.65. The van der Waals surface area contributed by atoms with Gasteiger partial charge in [-0.25, -0.2) is 0 Å². The number of benzene rings is 1. The number of ether oxygens (including phenoxy) is 2. The van der Waals surface area contributed by atoms with E-state index in [2.05, 4.69) is 0 Å². The Hall–Kier alpha value is -2.97. The van der Waals surface area contributed by atoms with Crippen molar-refractivity contribution in [2.75, 3.05) is 19.8 Å². The lowest BCUT2D eigenvalue weighted by molar-refractivity contribution is -0.157. The van der Waals surface area contributed by atoms with Gasteiger partial charge in [0.1, 0.15) is 17.6 Å². The van der Waals surface area contributed by atoms with Crippen molar-refractivity contribution in [3.05, 3.63) is 60.2 Å². The van der Waals surface area contributed by atoms with Crippen molar-refractivity contribution < 1.29 is 29.0 Å². The number of allylic oxidation sites excluding steroid dienone is 1. The first-order chi connectivity index (χ1) is 18.2. The third-order valence-electron chi connectivity index (χ3n) is 8.27. The van der Waals surface area contributed by atoms with Crippen LogP contribution in [-0.4, -0.2) is 81.8 Å². The SMILES string of the molecule is CC(C)(C)N1CC=C[C@]23O[C@H]4/C=C\CCCCOC(=O)[C@H]4[C@H]2C(=O)N([C@@H](CO)Cc2ccccc2)C3C1=O. The fourth-order valence-electron chi connectivity index (χ4n) is 6.49. The topological polar surface area (TPSA) is 96.4 Å². The van der Waals surface area contributed by atoms with Crippen LogP contribution < -0.4 is 0 Å². The molecular weight excluding hydrogens is 484 g/mol. The van der Waals surface area contributed by atoms with E-state index in [-0.39, 0.29) is 25.0 Å². The zero-order valence-electron chi connectivity index (χ0n) is 22.4. The Kier molecular flexibility index (Phi) is 7.22. The van der Waals surface area contributed by atoms with Crippen LogP contribution in [0.25, 0.3) is 0 Å². The predicted molar refractivity (Wildman–Crippen MR) is 141 cm³/mol. The van der Waals surface area contributed by atoms with Crippen LogP contribution in [0.2, 0.25) is 0 Å². The molecule has 8 nitrogen and oxygen atoms in total. The summed E-state index contributed by atoms with van der Waals surface area (Å²) < 4.78 is 12.3. The van der Waals surface area contributed by atoms with E-state index in [1.807, 2.05) is 75.4 Å². The van der Waals surface area contributed by atoms with Gasteiger partial charge in [-0.2, -0.15) is 0 Å². The number of hydrogen-bond donors (Lipinski definition) is 1. The molecule has 0 aliphatic carbocycles. The van der Waals surface area contributed by atoms with Gasteiger partial charge in [-0.1, -0.05) is 54.6 Å². The number of carbonyl (C=O) groups excluding carboxylic acids is 3. The molecule has 2 amide bonds. The first-order valence-corrected chi connectivity index (χ1v) is 13.7. The highest BCUT2D eigenvalue weighted by Crippen LogP contribution is 2.54. The van der Waals surface area contributed by atoms with Crippen molar-refractivity contribution in [3.8, 4) is 0 Å². The monoisotopic (exact) mass is 522 g/mol. The summed E-state index contributed by atoms with van der Waals surface area (Å²) in [4.78, 5) is 45.5. The molecule has 1 aromatic rings. The summed E-state index contributed by atoms with van der Waals surface area (Å²) in [6.07, 6.45) is 9.71. The number of cyclic esters (lactones) is 1. The van der Waals surface area contributed by atoms with Crippen LogP contribution in [0.4, 0.5) is 0 Å². The van der Waals surface area contributed by atoms with Crippen LogP contribution in [0.15, 0.2) is 54.6 Å². The smallest absolute Gasteiger partial charge is 0.312 e. The molecule has 38 heavy (non-hydrogen) atoms. The zero-order valence-corrected chi connectivity index (χ0v) is 22.4. The Morgan fingerprint density at radius 2 is 1.84 bits per heavy atom. The van der Waals surface area contributed by atoms with Gasteiger partial charge in [0.2, 0.25) is 11.8 Å². The minimum absolute atomic E-state index is 0.245. The molecule has 1 unspecified atom stereocenters. The molecule has 0 saturated carbocycles. The summed E-state index contributed by atoms with van der Waals surface area (Å²) in [6.45, 7) is 6.19. The lowest BCUT2D eigenvalue weighted by Crippen LogP contribution is -2.61. The van der Waals surface area contributed by atoms with Gasteiger partial charge >= 0.3 is 5.97 Å². The lowest BCUT2D eigenvalue weighted by Gasteiger charge is -2.42. The quantitative estimate of drug-likeness (QED) is 0.483. The molecule has 4 aliphatic rings. The van der Waals surface area contributed by atoms with E-state index in [0.717, 1.165) is 24.8 Å². The molecule has 4 heterocycles. The van der Waals surface area contributed by atoms with Crippen molar-refractivity contribution >= 4 is 17.8 Å². The largest absolute Gasteiger partial charge is 0.465 e. The van der Waals surface area contributed by atoms with Crippen molar-refractivity contribution in [3.63, 3.8) is 0 Å². The van der Waals surface area contributed by atoms with Crippen LogP contribution in [0.5, 0.6) is 0 Å². The first kappa shape index (κ1) is 26.6. The van der Waals surface area contributed by atoms with E-state index in [9.17, 15) is 19.5 Å². The molecule has 1 spiro atoms. The summed E-state index contributed by atoms with van der Waals surface area (Å²) in [5.41, 5.74) is -0.914. The highest BCUT2D eigenvalue weighted by Gasteiger charge is 2.72. The molecule has 0 bridgehead atoms. The van der Waals surface area contributed by atoms with Crippen molar-refractivity contribution in [2.24, 2.45) is 11.8 Å². The van der Waals surface area contributed by atoms with Gasteiger partial charge in [-0.3, -0.25) is 14.4 Å². The number of likely N-dealkylation sites (tertiary alicyclic amines) is 1. The number of rotatable bonds is 4. The fourth-order valence-corrected chi connectivity index (χ4v) is 6.49. The van der Waals surface area contributed by atoms with Crippen LogP contribution in [0.1, 0.15) is 45.6 Å². The van der Waals surface area contributed by atoms with Crippen LogP contribution in [-0.2, 0) is 30.3 Å². The number of fused-ring (bicyclic) bond motifs is 2. The van der Waals surface area contributed by atoms with E-state index in [1.54, 1.807) is 4.90 Å². The van der Waals surface area contributed by atoms with Gasteiger partial charge in [0.15, 0.2) is 0 Å². The van der Waals surface area contributed by atoms with E-state index in [4.69, 9.17) is 9.47 Å². The number of aliphatic hydroxyl groups excluding tert-OH is 1. The second-order valence-corrected chi connectivity index (χ2v) is 11.7. The van der Waals surface area contributed by atoms with Crippen molar-refractivity contribution in [2.45, 2.75) is 75.8 Å². The average Bonchev–Trinajstić information content (AvgIpc) is 3.27. The van der Waals surface area contributed by atoms with Gasteiger partial charge in [-0.15, -0.1) is 0 Å².